The van der Waals surface area contributed by atoms with Gasteiger partial charge in [-0.25, -0.2) is 0 Å². The smallest absolute Gasteiger partial charge is 0.251 e. The van der Waals surface area contributed by atoms with Gasteiger partial charge in [-0.3, -0.25) is 19.1 Å². The Labute approximate surface area is 190 Å². The van der Waals surface area contributed by atoms with Crippen LogP contribution >= 0.6 is 0 Å². The van der Waals surface area contributed by atoms with Gasteiger partial charge in [0.25, 0.3) is 5.91 Å². The molecule has 2 N–H and O–H groups in total. The molecule has 7 heteroatoms. The number of hydrogen-bond acceptors (Lipinski definition) is 4. The Morgan fingerprint density at radius 2 is 1.67 bits per heavy atom. The van der Waals surface area contributed by atoms with Crippen LogP contribution in [-0.4, -0.2) is 27.4 Å². The Morgan fingerprint density at radius 1 is 0.848 bits per heavy atom. The van der Waals surface area contributed by atoms with E-state index in [0.717, 1.165) is 16.7 Å². The molecule has 0 saturated carbocycles. The number of hydrogen-bond donors (Lipinski definition) is 2. The summed E-state index contributed by atoms with van der Waals surface area (Å²) in [4.78, 5) is 37.6. The number of rotatable bonds is 6. The lowest BCUT2D eigenvalue weighted by Crippen LogP contribution is -2.23. The van der Waals surface area contributed by atoms with E-state index in [2.05, 4.69) is 15.7 Å². The Balaban J connectivity index is 1.23. The van der Waals surface area contributed by atoms with E-state index in [1.54, 1.807) is 47.4 Å². The Kier molecular flexibility index (Phi) is 5.28. The van der Waals surface area contributed by atoms with Crippen molar-refractivity contribution in [2.24, 2.45) is 0 Å². The van der Waals surface area contributed by atoms with E-state index in [1.807, 2.05) is 42.5 Å². The molecule has 0 saturated heterocycles. The molecule has 162 valence electrons. The van der Waals surface area contributed by atoms with Crippen LogP contribution in [0.25, 0.3) is 11.1 Å². The van der Waals surface area contributed by atoms with E-state index in [0.29, 0.717) is 22.4 Å². The van der Waals surface area contributed by atoms with E-state index in [1.165, 1.54) is 0 Å². The molecule has 1 aromatic heterocycles. The fourth-order valence-electron chi connectivity index (χ4n) is 3.95. The van der Waals surface area contributed by atoms with Crippen molar-refractivity contribution in [3.05, 3.63) is 107 Å². The zero-order chi connectivity index (χ0) is 22.8. The molecule has 33 heavy (non-hydrogen) atoms. The highest BCUT2D eigenvalue weighted by Gasteiger charge is 2.26. The van der Waals surface area contributed by atoms with Gasteiger partial charge in [0.05, 0.1) is 0 Å². The molecule has 0 fully saturated rings. The van der Waals surface area contributed by atoms with E-state index >= 15 is 0 Å². The molecule has 0 bridgehead atoms. The number of anilines is 1. The molecule has 4 aromatic rings. The van der Waals surface area contributed by atoms with E-state index in [9.17, 15) is 14.4 Å². The number of nitrogens with zero attached hydrogens (tertiary/aromatic N) is 2. The van der Waals surface area contributed by atoms with Crippen molar-refractivity contribution in [2.45, 2.75) is 13.1 Å². The lowest BCUT2D eigenvalue weighted by atomic mass is 10.0. The summed E-state index contributed by atoms with van der Waals surface area (Å²) in [6, 6.07) is 21.7. The zero-order valence-corrected chi connectivity index (χ0v) is 17.6. The molecular formula is C26H20N4O3. The van der Waals surface area contributed by atoms with Crippen molar-refractivity contribution >= 4 is 23.3 Å². The lowest BCUT2D eigenvalue weighted by molar-refractivity contribution is -0.116. The summed E-state index contributed by atoms with van der Waals surface area (Å²) in [6.45, 7) is 0.405. The molecule has 3 aromatic carbocycles. The van der Waals surface area contributed by atoms with Gasteiger partial charge in [-0.05, 0) is 47.0 Å². The first kappa shape index (κ1) is 20.4. The standard InChI is InChI=1S/C26H20N4O3/c31-24(16-30-12-4-11-28-30)29-19-6-3-5-17(13-19)15-27-26(33)18-9-10-21-20-7-1-2-8-22(20)25(32)23(21)14-18/h1-14H,15-16H2,(H,27,33)(H,29,31). The summed E-state index contributed by atoms with van der Waals surface area (Å²) in [5, 5.41) is 9.73. The van der Waals surface area contributed by atoms with Crippen LogP contribution < -0.4 is 10.6 Å². The largest absolute Gasteiger partial charge is 0.348 e. The summed E-state index contributed by atoms with van der Waals surface area (Å²) in [5.74, 6) is -0.521. The third kappa shape index (κ3) is 4.16. The van der Waals surface area contributed by atoms with Gasteiger partial charge in [0, 0.05) is 41.3 Å². The predicted octanol–water partition coefficient (Wildman–Crippen LogP) is 3.66. The first-order chi connectivity index (χ1) is 16.1. The number of carbonyl (C=O) groups excluding carboxylic acids is 3. The molecule has 0 aliphatic heterocycles. The highest BCUT2D eigenvalue weighted by molar-refractivity contribution is 6.22. The van der Waals surface area contributed by atoms with Crippen LogP contribution in [0, 0.1) is 0 Å². The van der Waals surface area contributed by atoms with Gasteiger partial charge < -0.3 is 10.6 Å². The summed E-state index contributed by atoms with van der Waals surface area (Å²) in [5.41, 5.74) is 4.87. The minimum absolute atomic E-state index is 0.0613. The van der Waals surface area contributed by atoms with Gasteiger partial charge in [-0.15, -0.1) is 0 Å². The predicted molar refractivity (Wildman–Crippen MR) is 124 cm³/mol. The maximum Gasteiger partial charge on any atom is 0.251 e. The van der Waals surface area contributed by atoms with Crippen LogP contribution in [-0.2, 0) is 17.9 Å². The molecule has 1 aliphatic rings. The Hall–Kier alpha value is -4.52. The third-order valence-corrected chi connectivity index (χ3v) is 5.52. The van der Waals surface area contributed by atoms with Crippen molar-refractivity contribution in [3.8, 4) is 11.1 Å². The van der Waals surface area contributed by atoms with Gasteiger partial charge in [0.2, 0.25) is 5.91 Å². The fourth-order valence-corrected chi connectivity index (χ4v) is 3.95. The first-order valence-corrected chi connectivity index (χ1v) is 10.5. The van der Waals surface area contributed by atoms with Crippen LogP contribution in [0.4, 0.5) is 5.69 Å². The SMILES string of the molecule is O=C(Cn1cccn1)Nc1cccc(CNC(=O)c2ccc3c(c2)C(=O)c2ccccc2-3)c1. The first-order valence-electron chi connectivity index (χ1n) is 10.5. The molecule has 0 radical (unpaired) electrons. The number of ketones is 1. The van der Waals surface area contributed by atoms with Crippen molar-refractivity contribution in [3.63, 3.8) is 0 Å². The number of nitrogens with one attached hydrogen (secondary N) is 2. The summed E-state index contributed by atoms with van der Waals surface area (Å²) >= 11 is 0. The second kappa shape index (κ2) is 8.55. The van der Waals surface area contributed by atoms with Crippen LogP contribution in [0.15, 0.2) is 85.2 Å². The minimum Gasteiger partial charge on any atom is -0.348 e. The number of aromatic nitrogens is 2. The fraction of sp³-hybridized carbons (Fsp3) is 0.0769. The van der Waals surface area contributed by atoms with Gasteiger partial charge in [-0.1, -0.05) is 42.5 Å². The zero-order valence-electron chi connectivity index (χ0n) is 17.6. The van der Waals surface area contributed by atoms with Crippen molar-refractivity contribution < 1.29 is 14.4 Å². The highest BCUT2D eigenvalue weighted by Crippen LogP contribution is 2.36. The van der Waals surface area contributed by atoms with Crippen molar-refractivity contribution in [1.82, 2.24) is 15.1 Å². The van der Waals surface area contributed by atoms with Crippen LogP contribution in [0.3, 0.4) is 0 Å². The number of benzene rings is 3. The van der Waals surface area contributed by atoms with Gasteiger partial charge in [-0.2, -0.15) is 5.10 Å². The normalized spacial score (nSPS) is 11.6. The van der Waals surface area contributed by atoms with E-state index < -0.39 is 0 Å². The van der Waals surface area contributed by atoms with Crippen LogP contribution in [0.5, 0.6) is 0 Å². The van der Waals surface area contributed by atoms with E-state index in [-0.39, 0.29) is 30.7 Å². The lowest BCUT2D eigenvalue weighted by Gasteiger charge is -2.10. The Morgan fingerprint density at radius 3 is 2.48 bits per heavy atom. The average Bonchev–Trinajstić information content (AvgIpc) is 3.44. The highest BCUT2D eigenvalue weighted by atomic mass is 16.2. The minimum atomic E-state index is -0.269. The number of fused-ring (bicyclic) bond motifs is 3. The van der Waals surface area contributed by atoms with Crippen molar-refractivity contribution in [1.29, 1.82) is 0 Å². The third-order valence-electron chi connectivity index (χ3n) is 5.52. The molecule has 5 rings (SSSR count). The molecule has 1 heterocycles. The van der Waals surface area contributed by atoms with Crippen LogP contribution in [0.2, 0.25) is 0 Å². The Bertz CT molecular complexity index is 1380. The summed E-state index contributed by atoms with van der Waals surface area (Å²) in [6.07, 6.45) is 3.34. The molecule has 7 nitrogen and oxygen atoms in total. The number of amides is 2. The molecule has 0 spiro atoms. The topological polar surface area (TPSA) is 93.1 Å². The second-order valence-electron chi connectivity index (χ2n) is 7.77. The molecule has 0 atom stereocenters. The molecule has 1 aliphatic carbocycles. The van der Waals surface area contributed by atoms with Crippen LogP contribution in [0.1, 0.15) is 31.8 Å². The summed E-state index contributed by atoms with van der Waals surface area (Å²) < 4.78 is 1.54. The maximum absolute atomic E-state index is 12.7. The van der Waals surface area contributed by atoms with Gasteiger partial charge in [0.1, 0.15) is 6.54 Å². The maximum atomic E-state index is 12.7. The van der Waals surface area contributed by atoms with Gasteiger partial charge >= 0.3 is 0 Å². The second-order valence-corrected chi connectivity index (χ2v) is 7.77. The molecule has 2 amide bonds. The average molecular weight is 436 g/mol. The van der Waals surface area contributed by atoms with E-state index in [4.69, 9.17) is 0 Å². The van der Waals surface area contributed by atoms with Crippen molar-refractivity contribution in [2.75, 3.05) is 5.32 Å². The molecular weight excluding hydrogens is 416 g/mol. The monoisotopic (exact) mass is 436 g/mol. The van der Waals surface area contributed by atoms with Gasteiger partial charge in [0.15, 0.2) is 5.78 Å². The summed E-state index contributed by atoms with van der Waals surface area (Å²) in [7, 11) is 0. The quantitative estimate of drug-likeness (QED) is 0.425. The number of carbonyl (C=O) groups is 3. The molecule has 0 unspecified atom stereocenters.